The number of likely N-dealkylation sites (tertiary alicyclic amines) is 1. The van der Waals surface area contributed by atoms with Crippen LogP contribution in [0, 0.1) is 12.8 Å². The van der Waals surface area contributed by atoms with E-state index in [4.69, 9.17) is 0 Å². The molecule has 20 heavy (non-hydrogen) atoms. The third kappa shape index (κ3) is 4.30. The van der Waals surface area contributed by atoms with Gasteiger partial charge in [0.15, 0.2) is 0 Å². The van der Waals surface area contributed by atoms with E-state index in [9.17, 15) is 0 Å². The highest BCUT2D eigenvalue weighted by Crippen LogP contribution is 2.18. The molecule has 1 aromatic rings. The van der Waals surface area contributed by atoms with E-state index in [2.05, 4.69) is 67.4 Å². The summed E-state index contributed by atoms with van der Waals surface area (Å²) in [7, 11) is 6.53. The number of nitrogens with one attached hydrogen (secondary N) is 1. The molecule has 0 bridgehead atoms. The maximum atomic E-state index is 3.45. The lowest BCUT2D eigenvalue weighted by Crippen LogP contribution is -2.34. The highest BCUT2D eigenvalue weighted by molar-refractivity contribution is 5.24. The zero-order valence-corrected chi connectivity index (χ0v) is 13.4. The summed E-state index contributed by atoms with van der Waals surface area (Å²) in [6.45, 7) is 6.92. The molecule has 0 saturated carbocycles. The van der Waals surface area contributed by atoms with Gasteiger partial charge in [0.2, 0.25) is 0 Å². The van der Waals surface area contributed by atoms with Gasteiger partial charge in [0, 0.05) is 25.7 Å². The molecule has 2 atom stereocenters. The second kappa shape index (κ2) is 7.21. The Morgan fingerprint density at radius 3 is 2.60 bits per heavy atom. The lowest BCUT2D eigenvalue weighted by Gasteiger charge is -2.26. The number of benzene rings is 1. The number of hydrogen-bond donors (Lipinski definition) is 1. The van der Waals surface area contributed by atoms with Gasteiger partial charge < -0.3 is 15.1 Å². The highest BCUT2D eigenvalue weighted by Gasteiger charge is 2.21. The summed E-state index contributed by atoms with van der Waals surface area (Å²) in [5, 5.41) is 3.45. The molecule has 3 nitrogen and oxygen atoms in total. The molecule has 1 saturated heterocycles. The van der Waals surface area contributed by atoms with Crippen molar-refractivity contribution in [1.29, 1.82) is 0 Å². The fourth-order valence-electron chi connectivity index (χ4n) is 3.16. The van der Waals surface area contributed by atoms with E-state index in [1.54, 1.807) is 0 Å². The number of aryl methyl sites for hydroxylation is 1. The van der Waals surface area contributed by atoms with Gasteiger partial charge >= 0.3 is 0 Å². The summed E-state index contributed by atoms with van der Waals surface area (Å²) in [6.07, 6.45) is 1.34. The van der Waals surface area contributed by atoms with Gasteiger partial charge in [-0.05, 0) is 52.5 Å². The largest absolute Gasteiger partial charge is 0.312 e. The molecule has 1 aliphatic heterocycles. The van der Waals surface area contributed by atoms with Gasteiger partial charge in [-0.25, -0.2) is 0 Å². The van der Waals surface area contributed by atoms with E-state index in [-0.39, 0.29) is 0 Å². The van der Waals surface area contributed by atoms with Crippen LogP contribution in [0.2, 0.25) is 0 Å². The minimum absolute atomic E-state index is 0.416. The second-order valence-electron chi connectivity index (χ2n) is 6.39. The van der Waals surface area contributed by atoms with Crippen molar-refractivity contribution < 1.29 is 0 Å². The first kappa shape index (κ1) is 15.5. The normalized spacial score (nSPS) is 21.6. The first-order valence-electron chi connectivity index (χ1n) is 7.69. The van der Waals surface area contributed by atoms with E-state index in [0.29, 0.717) is 6.04 Å². The van der Waals surface area contributed by atoms with Gasteiger partial charge in [-0.15, -0.1) is 0 Å². The topological polar surface area (TPSA) is 18.5 Å². The Hall–Kier alpha value is -0.900. The monoisotopic (exact) mass is 275 g/mol. The fraction of sp³-hybridized carbons (Fsp3) is 0.647. The Labute approximate surface area is 124 Å². The Kier molecular flexibility index (Phi) is 5.58. The summed E-state index contributed by atoms with van der Waals surface area (Å²) in [4.78, 5) is 4.92. The number of hydrogen-bond acceptors (Lipinski definition) is 3. The summed E-state index contributed by atoms with van der Waals surface area (Å²) < 4.78 is 0. The van der Waals surface area contributed by atoms with Gasteiger partial charge in [-0.3, -0.25) is 0 Å². The Balaban J connectivity index is 1.87. The lowest BCUT2D eigenvalue weighted by atomic mass is 10.0. The zero-order chi connectivity index (χ0) is 14.5. The molecular weight excluding hydrogens is 246 g/mol. The van der Waals surface area contributed by atoms with Gasteiger partial charge in [0.05, 0.1) is 0 Å². The standard InChI is InChI=1S/C17H29N3/c1-14-5-7-16(8-6-14)17(18-2)13-20(4)12-15-9-10-19(3)11-15/h5-8,15,17-18H,9-13H2,1-4H3. The minimum Gasteiger partial charge on any atom is -0.312 e. The molecule has 0 amide bonds. The van der Waals surface area contributed by atoms with Crippen molar-refractivity contribution in [3.8, 4) is 0 Å². The average molecular weight is 275 g/mol. The molecule has 2 unspecified atom stereocenters. The van der Waals surface area contributed by atoms with E-state index >= 15 is 0 Å². The Morgan fingerprint density at radius 1 is 1.35 bits per heavy atom. The number of nitrogens with zero attached hydrogens (tertiary/aromatic N) is 2. The van der Waals surface area contributed by atoms with Crippen LogP contribution in [0.1, 0.15) is 23.6 Å². The van der Waals surface area contributed by atoms with Crippen molar-refractivity contribution in [3.63, 3.8) is 0 Å². The summed E-state index contributed by atoms with van der Waals surface area (Å²) in [5.74, 6) is 0.834. The molecule has 1 aromatic carbocycles. The summed E-state index contributed by atoms with van der Waals surface area (Å²) >= 11 is 0. The third-order valence-electron chi connectivity index (χ3n) is 4.38. The van der Waals surface area contributed by atoms with Crippen LogP contribution in [0.3, 0.4) is 0 Å². The SMILES string of the molecule is CNC(CN(C)CC1CCN(C)C1)c1ccc(C)cc1. The zero-order valence-electron chi connectivity index (χ0n) is 13.4. The fourth-order valence-corrected chi connectivity index (χ4v) is 3.16. The number of rotatable bonds is 6. The Morgan fingerprint density at radius 2 is 2.05 bits per heavy atom. The molecule has 1 fully saturated rings. The quantitative estimate of drug-likeness (QED) is 0.858. The van der Waals surface area contributed by atoms with E-state index in [1.807, 2.05) is 0 Å². The van der Waals surface area contributed by atoms with Crippen LogP contribution in [-0.4, -0.2) is 57.1 Å². The van der Waals surface area contributed by atoms with Crippen molar-refractivity contribution >= 4 is 0 Å². The highest BCUT2D eigenvalue weighted by atomic mass is 15.2. The van der Waals surface area contributed by atoms with Gasteiger partial charge in [0.1, 0.15) is 0 Å². The average Bonchev–Trinajstić information content (AvgIpc) is 2.82. The predicted molar refractivity (Wildman–Crippen MR) is 86.1 cm³/mol. The van der Waals surface area contributed by atoms with Gasteiger partial charge in [-0.1, -0.05) is 29.8 Å². The molecule has 1 heterocycles. The molecule has 0 spiro atoms. The molecule has 1 N–H and O–H groups in total. The van der Waals surface area contributed by atoms with Crippen LogP contribution in [0.15, 0.2) is 24.3 Å². The third-order valence-corrected chi connectivity index (χ3v) is 4.38. The molecule has 2 rings (SSSR count). The van der Waals surface area contributed by atoms with E-state index in [0.717, 1.165) is 12.5 Å². The predicted octanol–water partition coefficient (Wildman–Crippen LogP) is 2.14. The van der Waals surface area contributed by atoms with Gasteiger partial charge in [0.25, 0.3) is 0 Å². The van der Waals surface area contributed by atoms with Gasteiger partial charge in [-0.2, -0.15) is 0 Å². The second-order valence-corrected chi connectivity index (χ2v) is 6.39. The summed E-state index contributed by atoms with van der Waals surface area (Å²) in [5.41, 5.74) is 2.71. The molecule has 0 radical (unpaired) electrons. The van der Waals surface area contributed by atoms with Crippen LogP contribution in [0.4, 0.5) is 0 Å². The Bertz CT molecular complexity index is 401. The van der Waals surface area contributed by atoms with Crippen LogP contribution >= 0.6 is 0 Å². The van der Waals surface area contributed by atoms with Crippen molar-refractivity contribution in [2.75, 3.05) is 47.3 Å². The van der Waals surface area contributed by atoms with E-state index in [1.165, 1.54) is 37.2 Å². The molecule has 0 aromatic heterocycles. The van der Waals surface area contributed by atoms with Crippen LogP contribution in [-0.2, 0) is 0 Å². The maximum Gasteiger partial charge on any atom is 0.0446 e. The first-order valence-corrected chi connectivity index (χ1v) is 7.69. The lowest BCUT2D eigenvalue weighted by molar-refractivity contribution is 0.251. The first-order chi connectivity index (χ1) is 9.58. The van der Waals surface area contributed by atoms with Crippen molar-refractivity contribution in [1.82, 2.24) is 15.1 Å². The van der Waals surface area contributed by atoms with Crippen molar-refractivity contribution in [3.05, 3.63) is 35.4 Å². The molecule has 0 aliphatic carbocycles. The minimum atomic E-state index is 0.416. The molecule has 112 valence electrons. The molecule has 1 aliphatic rings. The molecular formula is C17H29N3. The summed E-state index contributed by atoms with van der Waals surface area (Å²) in [6, 6.07) is 9.30. The van der Waals surface area contributed by atoms with E-state index < -0.39 is 0 Å². The van der Waals surface area contributed by atoms with Crippen LogP contribution in [0.5, 0.6) is 0 Å². The van der Waals surface area contributed by atoms with Crippen LogP contribution < -0.4 is 5.32 Å². The van der Waals surface area contributed by atoms with Crippen LogP contribution in [0.25, 0.3) is 0 Å². The van der Waals surface area contributed by atoms with Crippen molar-refractivity contribution in [2.24, 2.45) is 5.92 Å². The molecule has 3 heteroatoms. The smallest absolute Gasteiger partial charge is 0.0446 e. The maximum absolute atomic E-state index is 3.45. The van der Waals surface area contributed by atoms with Crippen molar-refractivity contribution in [2.45, 2.75) is 19.4 Å². The number of likely N-dealkylation sites (N-methyl/N-ethyl adjacent to an activating group) is 2.